The van der Waals surface area contributed by atoms with E-state index >= 15 is 0 Å². The summed E-state index contributed by atoms with van der Waals surface area (Å²) in [5.74, 6) is 1.00. The highest BCUT2D eigenvalue weighted by Gasteiger charge is 2.36. The normalized spacial score (nSPS) is 21.5. The van der Waals surface area contributed by atoms with E-state index in [0.29, 0.717) is 62.3 Å². The number of nitrogens with zero attached hydrogens (tertiary/aromatic N) is 5. The molecule has 1 aromatic heterocycles. The van der Waals surface area contributed by atoms with Crippen molar-refractivity contribution in [1.82, 2.24) is 19.4 Å². The summed E-state index contributed by atoms with van der Waals surface area (Å²) in [5, 5.41) is 6.22. The number of primary sulfonamides is 1. The molecule has 2 fully saturated rings. The van der Waals surface area contributed by atoms with E-state index in [1.54, 1.807) is 41.4 Å². The summed E-state index contributed by atoms with van der Waals surface area (Å²) >= 11 is 6.30. The Kier molecular flexibility index (Phi) is 9.95. The van der Waals surface area contributed by atoms with Crippen LogP contribution in [0.5, 0.6) is 5.75 Å². The molecular formula is C33H41ClN6O6S. The van der Waals surface area contributed by atoms with Crippen molar-refractivity contribution in [2.75, 3.05) is 44.7 Å². The molecule has 2 N–H and O–H groups in total. The number of carbonyl (C=O) groups excluding carboxylic acids is 2. The number of fused-ring (bicyclic) bond motifs is 2. The molecule has 0 spiro atoms. The van der Waals surface area contributed by atoms with Crippen molar-refractivity contribution in [1.29, 1.82) is 0 Å². The van der Waals surface area contributed by atoms with Gasteiger partial charge in [0.05, 0.1) is 23.2 Å². The zero-order valence-corrected chi connectivity index (χ0v) is 28.0. The predicted molar refractivity (Wildman–Crippen MR) is 177 cm³/mol. The molecule has 0 unspecified atom stereocenters. The number of benzene rings is 2. The molecule has 2 aliphatic heterocycles. The van der Waals surface area contributed by atoms with E-state index < -0.39 is 16.1 Å². The van der Waals surface area contributed by atoms with Crippen molar-refractivity contribution in [3.63, 3.8) is 0 Å². The predicted octanol–water partition coefficient (Wildman–Crippen LogP) is 4.74. The van der Waals surface area contributed by atoms with Crippen molar-refractivity contribution in [3.8, 4) is 5.75 Å². The number of anilines is 1. The largest absolute Gasteiger partial charge is 0.487 e. The van der Waals surface area contributed by atoms with Crippen LogP contribution in [0.25, 0.3) is 0 Å². The molecular weight excluding hydrogens is 644 g/mol. The number of carbonyl (C=O) groups is 2. The van der Waals surface area contributed by atoms with Crippen LogP contribution in [0.15, 0.2) is 60.0 Å². The van der Waals surface area contributed by atoms with Crippen LogP contribution in [0.2, 0.25) is 5.02 Å². The minimum atomic E-state index is -3.93. The molecule has 2 amide bonds. The monoisotopic (exact) mass is 684 g/mol. The molecule has 3 aliphatic rings. The summed E-state index contributed by atoms with van der Waals surface area (Å²) in [5.41, 5.74) is 2.88. The second-order valence-electron chi connectivity index (χ2n) is 12.7. The van der Waals surface area contributed by atoms with Crippen LogP contribution >= 0.6 is 11.6 Å². The first-order chi connectivity index (χ1) is 22.6. The molecule has 3 heterocycles. The van der Waals surface area contributed by atoms with Gasteiger partial charge in [-0.05, 0) is 91.8 Å². The standard InChI is InChI=1S/C33H41ClN6O6S/c1-37(28-11-14-39(19-28)32(41)40-15-12-36-22-40)33(42)46-21-26-6-5-24(26)18-38-13-3-2-4-23-16-27(34)8-7-25(23)20-45-31-10-9-29(17-30(31)38)47(35,43)44/h7-10,12,15-17,22,24,26,28H,2-6,11,13-14,18-21H2,1H3,(H2,35,43,44)/t24-,26-,28+/m0/s1. The van der Waals surface area contributed by atoms with E-state index in [9.17, 15) is 18.0 Å². The Hall–Kier alpha value is -3.81. The van der Waals surface area contributed by atoms with Crippen LogP contribution < -0.4 is 14.8 Å². The van der Waals surface area contributed by atoms with Gasteiger partial charge < -0.3 is 24.2 Å². The lowest BCUT2D eigenvalue weighted by Crippen LogP contribution is -2.44. The Labute approximate surface area is 280 Å². The quantitative estimate of drug-likeness (QED) is 0.393. The number of likely N-dealkylation sites (N-methyl/N-ethyl adjacent to an activating group) is 1. The Bertz CT molecular complexity index is 1700. The topological polar surface area (TPSA) is 140 Å². The van der Waals surface area contributed by atoms with Crippen LogP contribution in [0, 0.1) is 11.8 Å². The molecule has 6 rings (SSSR count). The smallest absolute Gasteiger partial charge is 0.409 e. The van der Waals surface area contributed by atoms with Gasteiger partial charge in [-0.2, -0.15) is 0 Å². The van der Waals surface area contributed by atoms with Gasteiger partial charge in [0, 0.05) is 50.6 Å². The molecule has 252 valence electrons. The van der Waals surface area contributed by atoms with Gasteiger partial charge in [0.15, 0.2) is 0 Å². The number of aryl methyl sites for hydroxylation is 1. The Morgan fingerprint density at radius 2 is 1.91 bits per heavy atom. The summed E-state index contributed by atoms with van der Waals surface area (Å²) in [7, 11) is -2.21. The number of rotatable bonds is 6. The first-order valence-electron chi connectivity index (χ1n) is 16.1. The molecule has 0 radical (unpaired) electrons. The first kappa shape index (κ1) is 33.1. The average molecular weight is 685 g/mol. The minimum absolute atomic E-state index is 0.0336. The van der Waals surface area contributed by atoms with Crippen molar-refractivity contribution in [3.05, 3.63) is 71.3 Å². The molecule has 1 saturated heterocycles. The van der Waals surface area contributed by atoms with Gasteiger partial charge >= 0.3 is 12.1 Å². The molecule has 3 atom stereocenters. The molecule has 3 aromatic rings. The van der Waals surface area contributed by atoms with Gasteiger partial charge in [-0.3, -0.25) is 4.57 Å². The van der Waals surface area contributed by atoms with Crippen molar-refractivity contribution < 1.29 is 27.5 Å². The maximum Gasteiger partial charge on any atom is 0.409 e. The first-order valence-corrected chi connectivity index (χ1v) is 18.0. The molecule has 1 aliphatic carbocycles. The highest BCUT2D eigenvalue weighted by atomic mass is 35.5. The second-order valence-corrected chi connectivity index (χ2v) is 14.7. The maximum absolute atomic E-state index is 13.1. The van der Waals surface area contributed by atoms with Gasteiger partial charge in [-0.15, -0.1) is 0 Å². The summed E-state index contributed by atoms with van der Waals surface area (Å²) < 4.78 is 38.2. The van der Waals surface area contributed by atoms with Crippen LogP contribution in [0.3, 0.4) is 0 Å². The lowest BCUT2D eigenvalue weighted by molar-refractivity contribution is 0.0444. The van der Waals surface area contributed by atoms with Gasteiger partial charge in [-0.25, -0.2) is 28.1 Å². The lowest BCUT2D eigenvalue weighted by Gasteiger charge is -2.41. The molecule has 14 heteroatoms. The third-order valence-electron chi connectivity index (χ3n) is 9.72. The van der Waals surface area contributed by atoms with Crippen LogP contribution in [0.4, 0.5) is 15.3 Å². The summed E-state index contributed by atoms with van der Waals surface area (Å²) in [6.45, 7) is 2.97. The number of amides is 2. The maximum atomic E-state index is 13.1. The minimum Gasteiger partial charge on any atom is -0.487 e. The number of ether oxygens (including phenoxy) is 2. The zero-order chi connectivity index (χ0) is 33.1. The average Bonchev–Trinajstić information content (AvgIpc) is 3.75. The Morgan fingerprint density at radius 1 is 1.09 bits per heavy atom. The van der Waals surface area contributed by atoms with Gasteiger partial charge in [0.2, 0.25) is 10.0 Å². The number of imidazole rings is 1. The van der Waals surface area contributed by atoms with E-state index in [0.717, 1.165) is 43.2 Å². The Morgan fingerprint density at radius 3 is 2.66 bits per heavy atom. The van der Waals surface area contributed by atoms with Crippen LogP contribution in [-0.4, -0.2) is 85.8 Å². The number of aromatic nitrogens is 2. The fraction of sp³-hybridized carbons (Fsp3) is 0.485. The van der Waals surface area contributed by atoms with Gasteiger partial charge in [0.1, 0.15) is 18.7 Å². The summed E-state index contributed by atoms with van der Waals surface area (Å²) in [6.07, 6.45) is 9.49. The van der Waals surface area contributed by atoms with Crippen LogP contribution in [0.1, 0.15) is 43.2 Å². The molecule has 47 heavy (non-hydrogen) atoms. The van der Waals surface area contributed by atoms with Crippen molar-refractivity contribution in [2.24, 2.45) is 17.0 Å². The number of likely N-dealkylation sites (tertiary alicyclic amines) is 1. The number of nitrogens with two attached hydrogens (primary N) is 1. The van der Waals surface area contributed by atoms with E-state index in [-0.39, 0.29) is 28.8 Å². The van der Waals surface area contributed by atoms with E-state index in [1.807, 2.05) is 18.2 Å². The highest BCUT2D eigenvalue weighted by Crippen LogP contribution is 2.39. The van der Waals surface area contributed by atoms with Crippen molar-refractivity contribution in [2.45, 2.75) is 56.1 Å². The van der Waals surface area contributed by atoms with E-state index in [2.05, 4.69) is 9.88 Å². The van der Waals surface area contributed by atoms with Crippen molar-refractivity contribution >= 4 is 39.4 Å². The number of hydrogen-bond donors (Lipinski definition) is 1. The molecule has 12 nitrogen and oxygen atoms in total. The summed E-state index contributed by atoms with van der Waals surface area (Å²) in [4.78, 5) is 35.2. The van der Waals surface area contributed by atoms with Gasteiger partial charge in [-0.1, -0.05) is 17.7 Å². The number of hydrogen-bond acceptors (Lipinski definition) is 8. The summed E-state index contributed by atoms with van der Waals surface area (Å²) in [6, 6.07) is 10.3. The molecule has 0 bridgehead atoms. The number of halogens is 1. The zero-order valence-electron chi connectivity index (χ0n) is 26.5. The van der Waals surface area contributed by atoms with E-state index in [4.69, 9.17) is 26.2 Å². The SMILES string of the molecule is CN(C(=O)OC[C@@H]1CC[C@H]1CN1CCCCc2cc(Cl)ccc2COc2ccc(S(N)(=O)=O)cc21)[C@@H]1CCN(C(=O)n2ccnc2)C1. The molecule has 2 aromatic carbocycles. The fourth-order valence-corrected chi connectivity index (χ4v) is 7.40. The molecule has 1 saturated carbocycles. The number of sulfonamides is 1. The van der Waals surface area contributed by atoms with Gasteiger partial charge in [0.25, 0.3) is 0 Å². The fourth-order valence-electron chi connectivity index (χ4n) is 6.67. The third kappa shape index (κ3) is 7.68. The lowest BCUT2D eigenvalue weighted by atomic mass is 9.73. The Balaban J connectivity index is 1.10. The second kappa shape index (κ2) is 14.1. The highest BCUT2D eigenvalue weighted by molar-refractivity contribution is 7.89. The van der Waals surface area contributed by atoms with Crippen LogP contribution in [-0.2, 0) is 27.8 Å². The van der Waals surface area contributed by atoms with E-state index in [1.165, 1.54) is 17.0 Å². The third-order valence-corrected chi connectivity index (χ3v) is 10.9.